The summed E-state index contributed by atoms with van der Waals surface area (Å²) in [6.07, 6.45) is -1.95. The van der Waals surface area contributed by atoms with E-state index < -0.39 is 35.3 Å². The minimum absolute atomic E-state index is 0.0725. The third-order valence-corrected chi connectivity index (χ3v) is 4.86. The molecule has 24 heavy (non-hydrogen) atoms. The van der Waals surface area contributed by atoms with Crippen molar-refractivity contribution in [3.63, 3.8) is 0 Å². The first kappa shape index (κ1) is 16.9. The summed E-state index contributed by atoms with van der Waals surface area (Å²) >= 11 is 0. The highest BCUT2D eigenvalue weighted by Gasteiger charge is 2.50. The zero-order chi connectivity index (χ0) is 17.9. The zero-order valence-corrected chi connectivity index (χ0v) is 12.9. The Labute approximate surface area is 135 Å². The van der Waals surface area contributed by atoms with Crippen LogP contribution in [0, 0.1) is 11.8 Å². The summed E-state index contributed by atoms with van der Waals surface area (Å²) in [5.41, 5.74) is -1.92. The predicted octanol–water partition coefficient (Wildman–Crippen LogP) is 5.27. The van der Waals surface area contributed by atoms with Crippen LogP contribution in [0.3, 0.4) is 0 Å². The summed E-state index contributed by atoms with van der Waals surface area (Å²) in [4.78, 5) is 1.74. The van der Waals surface area contributed by atoms with E-state index in [0.717, 1.165) is 6.08 Å². The van der Waals surface area contributed by atoms with Crippen molar-refractivity contribution in [3.8, 4) is 0 Å². The molecule has 0 fully saturated rings. The van der Waals surface area contributed by atoms with Crippen molar-refractivity contribution in [2.75, 3.05) is 0 Å². The van der Waals surface area contributed by atoms with Crippen molar-refractivity contribution in [1.82, 2.24) is 4.90 Å². The van der Waals surface area contributed by atoms with Crippen LogP contribution in [0.5, 0.6) is 0 Å². The number of nitrogens with zero attached hydrogens (tertiary/aromatic N) is 1. The predicted molar refractivity (Wildman–Crippen MR) is 77.5 cm³/mol. The molecule has 2 heterocycles. The highest BCUT2D eigenvalue weighted by Crippen LogP contribution is 2.51. The molecule has 0 aromatic rings. The zero-order valence-electron chi connectivity index (χ0n) is 12.9. The fraction of sp³-hybridized carbons (Fsp3) is 0.412. The van der Waals surface area contributed by atoms with Crippen LogP contribution >= 0.6 is 0 Å². The number of allylic oxidation sites excluding steroid dienone is 8. The molecule has 3 rings (SSSR count). The summed E-state index contributed by atoms with van der Waals surface area (Å²) in [6, 6.07) is -0.262. The van der Waals surface area contributed by atoms with Crippen LogP contribution in [0.4, 0.5) is 26.3 Å². The number of halogens is 6. The van der Waals surface area contributed by atoms with E-state index in [-0.39, 0.29) is 17.7 Å². The normalized spacial score (nSPS) is 30.0. The van der Waals surface area contributed by atoms with Crippen LogP contribution in [0.25, 0.3) is 0 Å². The van der Waals surface area contributed by atoms with Crippen LogP contribution in [0.1, 0.15) is 13.8 Å². The van der Waals surface area contributed by atoms with E-state index in [4.69, 9.17) is 0 Å². The van der Waals surface area contributed by atoms with Gasteiger partial charge < -0.3 is 4.90 Å². The average Bonchev–Trinajstić information content (AvgIpc) is 2.49. The minimum atomic E-state index is -4.83. The van der Waals surface area contributed by atoms with E-state index in [2.05, 4.69) is 0 Å². The first-order chi connectivity index (χ1) is 11.0. The molecule has 0 aromatic heterocycles. The van der Waals surface area contributed by atoms with Crippen molar-refractivity contribution in [2.45, 2.75) is 32.2 Å². The summed E-state index contributed by atoms with van der Waals surface area (Å²) in [5.74, 6) is -1.59. The molecule has 0 N–H and O–H groups in total. The Morgan fingerprint density at radius 2 is 1.58 bits per heavy atom. The minimum Gasteiger partial charge on any atom is -0.345 e. The molecule has 1 aliphatic carbocycles. The second-order valence-electron chi connectivity index (χ2n) is 6.22. The molecular weight excluding hydrogens is 332 g/mol. The number of hydrogen-bond donors (Lipinski definition) is 0. The molecule has 3 aliphatic rings. The second kappa shape index (κ2) is 5.29. The van der Waals surface area contributed by atoms with Gasteiger partial charge in [-0.15, -0.1) is 0 Å². The van der Waals surface area contributed by atoms with E-state index in [9.17, 15) is 26.3 Å². The lowest BCUT2D eigenvalue weighted by Crippen LogP contribution is -2.45. The molecule has 1 nitrogen and oxygen atoms in total. The molecule has 3 atom stereocenters. The van der Waals surface area contributed by atoms with Gasteiger partial charge in [-0.2, -0.15) is 26.3 Å². The Balaban J connectivity index is 2.26. The van der Waals surface area contributed by atoms with Crippen molar-refractivity contribution < 1.29 is 26.3 Å². The van der Waals surface area contributed by atoms with Crippen LogP contribution in [0.2, 0.25) is 0 Å². The van der Waals surface area contributed by atoms with E-state index in [1.54, 1.807) is 43.2 Å². The lowest BCUT2D eigenvalue weighted by molar-refractivity contribution is -0.104. The quantitative estimate of drug-likeness (QED) is 0.540. The molecule has 0 saturated heterocycles. The van der Waals surface area contributed by atoms with Crippen molar-refractivity contribution in [1.29, 1.82) is 0 Å². The van der Waals surface area contributed by atoms with Crippen LogP contribution in [-0.2, 0) is 0 Å². The highest BCUT2D eigenvalue weighted by atomic mass is 19.4. The smallest absolute Gasteiger partial charge is 0.345 e. The van der Waals surface area contributed by atoms with Gasteiger partial charge in [0, 0.05) is 29.4 Å². The van der Waals surface area contributed by atoms with E-state index in [1.807, 2.05) is 0 Å². The Bertz CT molecular complexity index is 702. The third kappa shape index (κ3) is 2.59. The van der Waals surface area contributed by atoms with Crippen molar-refractivity contribution in [3.05, 3.63) is 59.0 Å². The first-order valence-electron chi connectivity index (χ1n) is 7.47. The standard InChI is InChI=1S/C17H15F6N/c1-9-10(2)24-6-4-3-5-14(24)12-7-11(16(18,19)20)8-13(15(9)12)17(21,22)23/h3-10,15H,1-2H3/t9?,10-,15?/m0/s1. The fourth-order valence-electron chi connectivity index (χ4n) is 3.53. The molecule has 2 unspecified atom stereocenters. The third-order valence-electron chi connectivity index (χ3n) is 4.86. The van der Waals surface area contributed by atoms with Gasteiger partial charge in [0.15, 0.2) is 0 Å². The topological polar surface area (TPSA) is 3.24 Å². The monoisotopic (exact) mass is 347 g/mol. The molecule has 130 valence electrons. The SMILES string of the molecule is CC1C2C(C(F)(F)F)=CC(C(F)(F)F)=CC2=C2C=CC=CN2[C@H]1C. The first-order valence-corrected chi connectivity index (χ1v) is 7.47. The van der Waals surface area contributed by atoms with E-state index >= 15 is 0 Å². The lowest BCUT2D eigenvalue weighted by atomic mass is 9.70. The molecule has 0 radical (unpaired) electrons. The summed E-state index contributed by atoms with van der Waals surface area (Å²) in [7, 11) is 0. The summed E-state index contributed by atoms with van der Waals surface area (Å²) in [6.45, 7) is 3.42. The maximum absolute atomic E-state index is 13.5. The Kier molecular flexibility index (Phi) is 3.73. The summed E-state index contributed by atoms with van der Waals surface area (Å²) < 4.78 is 79.7. The molecule has 0 bridgehead atoms. The van der Waals surface area contributed by atoms with Gasteiger partial charge in [-0.05, 0) is 42.7 Å². The van der Waals surface area contributed by atoms with Gasteiger partial charge in [-0.3, -0.25) is 0 Å². The number of rotatable bonds is 0. The largest absolute Gasteiger partial charge is 0.416 e. The van der Waals surface area contributed by atoms with Gasteiger partial charge in [0.1, 0.15) is 0 Å². The van der Waals surface area contributed by atoms with Gasteiger partial charge in [-0.1, -0.05) is 13.0 Å². The highest BCUT2D eigenvalue weighted by molar-refractivity contribution is 5.53. The van der Waals surface area contributed by atoms with Crippen LogP contribution < -0.4 is 0 Å². The van der Waals surface area contributed by atoms with E-state index in [1.165, 1.54) is 0 Å². The van der Waals surface area contributed by atoms with Crippen molar-refractivity contribution >= 4 is 0 Å². The fourth-order valence-corrected chi connectivity index (χ4v) is 3.53. The van der Waals surface area contributed by atoms with Gasteiger partial charge in [0.05, 0.1) is 5.57 Å². The van der Waals surface area contributed by atoms with Gasteiger partial charge in [0.2, 0.25) is 0 Å². The van der Waals surface area contributed by atoms with Gasteiger partial charge >= 0.3 is 12.4 Å². The Morgan fingerprint density at radius 1 is 0.917 bits per heavy atom. The molecule has 0 spiro atoms. The number of hydrogen-bond acceptors (Lipinski definition) is 1. The van der Waals surface area contributed by atoms with Crippen LogP contribution in [0.15, 0.2) is 59.0 Å². The molecule has 2 aliphatic heterocycles. The van der Waals surface area contributed by atoms with Crippen molar-refractivity contribution in [2.24, 2.45) is 11.8 Å². The Hall–Kier alpha value is -1.92. The molecule has 0 amide bonds. The maximum atomic E-state index is 13.5. The average molecular weight is 347 g/mol. The van der Waals surface area contributed by atoms with Gasteiger partial charge in [0.25, 0.3) is 0 Å². The number of alkyl halides is 6. The van der Waals surface area contributed by atoms with Gasteiger partial charge in [-0.25, -0.2) is 0 Å². The summed E-state index contributed by atoms with van der Waals surface area (Å²) in [5, 5.41) is 0. The lowest BCUT2D eigenvalue weighted by Gasteiger charge is -2.46. The molecule has 0 saturated carbocycles. The second-order valence-corrected chi connectivity index (χ2v) is 6.22. The van der Waals surface area contributed by atoms with E-state index in [0.29, 0.717) is 5.70 Å². The van der Waals surface area contributed by atoms with Crippen LogP contribution in [-0.4, -0.2) is 23.3 Å². The molecule has 0 aromatic carbocycles. The Morgan fingerprint density at radius 3 is 2.17 bits per heavy atom. The molecule has 7 heteroatoms. The maximum Gasteiger partial charge on any atom is 0.416 e. The number of fused-ring (bicyclic) bond motifs is 2. The molecular formula is C17H15F6N.